The predicted octanol–water partition coefficient (Wildman–Crippen LogP) is 1.42. The number of hydrogen-bond donors (Lipinski definition) is 1. The molecule has 1 heterocycles. The van der Waals surface area contributed by atoms with Crippen LogP contribution in [0.5, 0.6) is 11.5 Å². The van der Waals surface area contributed by atoms with Crippen LogP contribution in [0, 0.1) is 10.1 Å². The molecule has 1 aliphatic heterocycles. The van der Waals surface area contributed by atoms with Gasteiger partial charge >= 0.3 is 0 Å². The van der Waals surface area contributed by atoms with Crippen molar-refractivity contribution in [3.05, 3.63) is 27.8 Å². The monoisotopic (exact) mass is 225 g/mol. The summed E-state index contributed by atoms with van der Waals surface area (Å²) in [7, 11) is 0. The van der Waals surface area contributed by atoms with Crippen molar-refractivity contribution in [3.63, 3.8) is 0 Å². The van der Waals surface area contributed by atoms with Crippen molar-refractivity contribution >= 4 is 5.69 Å². The van der Waals surface area contributed by atoms with Crippen LogP contribution in [-0.2, 0) is 0 Å². The summed E-state index contributed by atoms with van der Waals surface area (Å²) in [5.41, 5.74) is 0.0773. The Labute approximate surface area is 91.6 Å². The van der Waals surface area contributed by atoms with Crippen molar-refractivity contribution in [1.82, 2.24) is 0 Å². The molecule has 0 saturated carbocycles. The van der Waals surface area contributed by atoms with E-state index in [2.05, 4.69) is 0 Å². The van der Waals surface area contributed by atoms with Gasteiger partial charge in [0.05, 0.1) is 22.7 Å². The Hall–Kier alpha value is -1.82. The van der Waals surface area contributed by atoms with Crippen LogP contribution in [0.4, 0.5) is 5.69 Å². The molecule has 0 radical (unpaired) electrons. The van der Waals surface area contributed by atoms with Gasteiger partial charge in [-0.1, -0.05) is 0 Å². The second kappa shape index (κ2) is 3.97. The first-order valence-electron chi connectivity index (χ1n) is 4.85. The fraction of sp³-hybridized carbons (Fsp3) is 0.400. The molecule has 0 fully saturated rings. The van der Waals surface area contributed by atoms with E-state index in [1.54, 1.807) is 0 Å². The van der Waals surface area contributed by atoms with Crippen LogP contribution >= 0.6 is 0 Å². The molecule has 1 aromatic carbocycles. The van der Waals surface area contributed by atoms with Gasteiger partial charge in [0.15, 0.2) is 11.5 Å². The average molecular weight is 225 g/mol. The SMILES string of the molecule is C[C@H](O)c1cc2c(cc1[N+](=O)[O-])OCCO2. The predicted molar refractivity (Wildman–Crippen MR) is 54.7 cm³/mol. The molecule has 16 heavy (non-hydrogen) atoms. The summed E-state index contributed by atoms with van der Waals surface area (Å²) < 4.78 is 10.5. The van der Waals surface area contributed by atoms with Gasteiger partial charge in [-0.05, 0) is 13.0 Å². The lowest BCUT2D eigenvalue weighted by molar-refractivity contribution is -0.386. The number of nitro groups is 1. The average Bonchev–Trinajstić information content (AvgIpc) is 2.27. The van der Waals surface area contributed by atoms with Crippen molar-refractivity contribution < 1.29 is 19.5 Å². The van der Waals surface area contributed by atoms with Crippen LogP contribution in [0.15, 0.2) is 12.1 Å². The molecule has 0 saturated heterocycles. The third-order valence-corrected chi connectivity index (χ3v) is 2.34. The minimum Gasteiger partial charge on any atom is -0.486 e. The number of nitrogens with zero attached hydrogens (tertiary/aromatic N) is 1. The highest BCUT2D eigenvalue weighted by Crippen LogP contribution is 2.38. The van der Waals surface area contributed by atoms with E-state index in [0.717, 1.165) is 0 Å². The molecule has 0 aromatic heterocycles. The van der Waals surface area contributed by atoms with E-state index in [1.165, 1.54) is 19.1 Å². The van der Waals surface area contributed by atoms with Crippen LogP contribution in [0.3, 0.4) is 0 Å². The first-order chi connectivity index (χ1) is 7.59. The fourth-order valence-corrected chi connectivity index (χ4v) is 1.59. The van der Waals surface area contributed by atoms with Crippen molar-refractivity contribution in [2.24, 2.45) is 0 Å². The van der Waals surface area contributed by atoms with E-state index < -0.39 is 11.0 Å². The fourth-order valence-electron chi connectivity index (χ4n) is 1.59. The Balaban J connectivity index is 2.54. The highest BCUT2D eigenvalue weighted by Gasteiger charge is 2.24. The van der Waals surface area contributed by atoms with Gasteiger partial charge in [0.25, 0.3) is 5.69 Å². The lowest BCUT2D eigenvalue weighted by atomic mass is 10.1. The summed E-state index contributed by atoms with van der Waals surface area (Å²) >= 11 is 0. The van der Waals surface area contributed by atoms with E-state index in [0.29, 0.717) is 24.7 Å². The number of nitro benzene ring substituents is 1. The normalized spacial score (nSPS) is 15.6. The van der Waals surface area contributed by atoms with Crippen LogP contribution in [-0.4, -0.2) is 23.2 Å². The maximum absolute atomic E-state index is 10.8. The molecule has 1 N–H and O–H groups in total. The van der Waals surface area contributed by atoms with Crippen LogP contribution in [0.25, 0.3) is 0 Å². The van der Waals surface area contributed by atoms with E-state index in [-0.39, 0.29) is 11.3 Å². The Morgan fingerprint density at radius 2 is 1.94 bits per heavy atom. The van der Waals surface area contributed by atoms with Gasteiger partial charge in [-0.2, -0.15) is 0 Å². The zero-order valence-corrected chi connectivity index (χ0v) is 8.67. The molecule has 0 bridgehead atoms. The number of hydrogen-bond acceptors (Lipinski definition) is 5. The zero-order chi connectivity index (χ0) is 11.7. The Kier molecular flexibility index (Phi) is 2.66. The number of aliphatic hydroxyl groups is 1. The summed E-state index contributed by atoms with van der Waals surface area (Å²) in [5, 5.41) is 20.3. The third kappa shape index (κ3) is 1.79. The molecule has 1 atom stereocenters. The topological polar surface area (TPSA) is 81.8 Å². The molecule has 2 rings (SSSR count). The van der Waals surface area contributed by atoms with Crippen LogP contribution in [0.2, 0.25) is 0 Å². The first-order valence-corrected chi connectivity index (χ1v) is 4.85. The van der Waals surface area contributed by atoms with E-state index in [1.807, 2.05) is 0 Å². The van der Waals surface area contributed by atoms with Gasteiger partial charge < -0.3 is 14.6 Å². The van der Waals surface area contributed by atoms with E-state index in [4.69, 9.17) is 9.47 Å². The molecule has 86 valence electrons. The van der Waals surface area contributed by atoms with Gasteiger partial charge in [0.1, 0.15) is 13.2 Å². The smallest absolute Gasteiger partial charge is 0.279 e. The Bertz CT molecular complexity index is 429. The molecule has 6 heteroatoms. The largest absolute Gasteiger partial charge is 0.486 e. The molecule has 0 spiro atoms. The van der Waals surface area contributed by atoms with Crippen LogP contribution in [0.1, 0.15) is 18.6 Å². The Morgan fingerprint density at radius 3 is 2.44 bits per heavy atom. The molecule has 1 aromatic rings. The number of benzene rings is 1. The third-order valence-electron chi connectivity index (χ3n) is 2.34. The van der Waals surface area contributed by atoms with E-state index in [9.17, 15) is 15.2 Å². The van der Waals surface area contributed by atoms with Gasteiger partial charge in [0.2, 0.25) is 0 Å². The van der Waals surface area contributed by atoms with Crippen molar-refractivity contribution in [3.8, 4) is 11.5 Å². The quantitative estimate of drug-likeness (QED) is 0.608. The number of rotatable bonds is 2. The first kappa shape index (κ1) is 10.7. The van der Waals surface area contributed by atoms with Gasteiger partial charge in [0, 0.05) is 0 Å². The van der Waals surface area contributed by atoms with Gasteiger partial charge in [-0.3, -0.25) is 10.1 Å². The van der Waals surface area contributed by atoms with Gasteiger partial charge in [-0.25, -0.2) is 0 Å². The molecule has 1 aliphatic rings. The summed E-state index contributed by atoms with van der Waals surface area (Å²) in [5.74, 6) is 0.787. The minimum absolute atomic E-state index is 0.153. The van der Waals surface area contributed by atoms with Crippen molar-refractivity contribution in [2.45, 2.75) is 13.0 Å². The molecule has 6 nitrogen and oxygen atoms in total. The molecular formula is C10H11NO5. The molecular weight excluding hydrogens is 214 g/mol. The van der Waals surface area contributed by atoms with Crippen molar-refractivity contribution in [2.75, 3.05) is 13.2 Å². The van der Waals surface area contributed by atoms with E-state index >= 15 is 0 Å². The summed E-state index contributed by atoms with van der Waals surface area (Å²) in [4.78, 5) is 10.3. The molecule has 0 amide bonds. The number of fused-ring (bicyclic) bond motifs is 1. The minimum atomic E-state index is -0.920. The lowest BCUT2D eigenvalue weighted by Crippen LogP contribution is -2.16. The maximum atomic E-state index is 10.8. The zero-order valence-electron chi connectivity index (χ0n) is 8.67. The summed E-state index contributed by atoms with van der Waals surface area (Å²) in [6.45, 7) is 2.25. The summed E-state index contributed by atoms with van der Waals surface area (Å²) in [6.07, 6.45) is -0.920. The second-order valence-corrected chi connectivity index (χ2v) is 3.49. The Morgan fingerprint density at radius 1 is 1.38 bits per heavy atom. The number of ether oxygens (including phenoxy) is 2. The summed E-state index contributed by atoms with van der Waals surface area (Å²) in [6, 6.07) is 2.74. The highest BCUT2D eigenvalue weighted by atomic mass is 16.6. The second-order valence-electron chi connectivity index (χ2n) is 3.49. The van der Waals surface area contributed by atoms with Crippen molar-refractivity contribution in [1.29, 1.82) is 0 Å². The maximum Gasteiger partial charge on any atom is 0.279 e. The standard InChI is InChI=1S/C10H11NO5/c1-6(12)7-4-9-10(16-3-2-15-9)5-8(7)11(13)14/h4-6,12H,2-3H2,1H3/t6-/m0/s1. The lowest BCUT2D eigenvalue weighted by Gasteiger charge is -2.19. The number of aliphatic hydroxyl groups excluding tert-OH is 1. The molecule has 0 aliphatic carbocycles. The van der Waals surface area contributed by atoms with Crippen LogP contribution < -0.4 is 9.47 Å². The highest BCUT2D eigenvalue weighted by molar-refractivity contribution is 5.55. The van der Waals surface area contributed by atoms with Gasteiger partial charge in [-0.15, -0.1) is 0 Å². The molecule has 0 unspecified atom stereocenters.